The molecule has 2 aromatic rings. The smallest absolute Gasteiger partial charge is 0.344 e. The summed E-state index contributed by atoms with van der Waals surface area (Å²) in [5, 5.41) is 8.27. The molecular formula is C26H31N3O4S. The zero-order valence-corrected chi connectivity index (χ0v) is 20.5. The van der Waals surface area contributed by atoms with E-state index in [2.05, 4.69) is 15.8 Å². The van der Waals surface area contributed by atoms with Gasteiger partial charge in [-0.1, -0.05) is 24.1 Å². The molecule has 180 valence electrons. The van der Waals surface area contributed by atoms with Gasteiger partial charge < -0.3 is 19.5 Å². The van der Waals surface area contributed by atoms with Crippen molar-refractivity contribution in [1.82, 2.24) is 5.43 Å². The number of nitrogens with zero attached hydrogens (tertiary/aromatic N) is 1. The second kappa shape index (κ2) is 10.9. The molecule has 0 unspecified atom stereocenters. The van der Waals surface area contributed by atoms with Crippen molar-refractivity contribution in [2.24, 2.45) is 5.10 Å². The van der Waals surface area contributed by atoms with Gasteiger partial charge in [0, 0.05) is 17.7 Å². The predicted octanol–water partition coefficient (Wildman–Crippen LogP) is 5.11. The van der Waals surface area contributed by atoms with Gasteiger partial charge in [-0.2, -0.15) is 5.10 Å². The molecule has 1 spiro atoms. The Morgan fingerprint density at radius 3 is 2.65 bits per heavy atom. The van der Waals surface area contributed by atoms with E-state index in [1.54, 1.807) is 6.92 Å². The molecule has 0 amide bonds. The standard InChI is InChI=1S/C26H31N3O4S/c1-3-31-24(30)17-32-20-11-12-23-21(15-20)22(16-26(33-23)13-5-4-6-14-26)28-29-25(34)27-19-9-7-18(2)8-10-19/h7-12,15H,3-6,13-14,16-17H2,1-2H3,(H2,27,29,34)/b28-22-. The number of thiocarbonyl (C=S) groups is 1. The first-order chi connectivity index (χ1) is 16.5. The van der Waals surface area contributed by atoms with E-state index in [0.717, 1.165) is 48.4 Å². The maximum absolute atomic E-state index is 11.7. The van der Waals surface area contributed by atoms with Crippen molar-refractivity contribution in [2.75, 3.05) is 18.5 Å². The SMILES string of the molecule is CCOC(=O)COc1ccc2c(c1)/C(=N\NC(=S)Nc1ccc(C)cc1)CC1(CCCCC1)O2. The van der Waals surface area contributed by atoms with E-state index in [-0.39, 0.29) is 12.2 Å². The molecule has 0 aromatic heterocycles. The van der Waals surface area contributed by atoms with Gasteiger partial charge in [0.05, 0.1) is 12.3 Å². The number of carbonyl (C=O) groups is 1. The van der Waals surface area contributed by atoms with Crippen LogP contribution >= 0.6 is 12.2 Å². The van der Waals surface area contributed by atoms with Crippen molar-refractivity contribution < 1.29 is 19.0 Å². The third-order valence-electron chi connectivity index (χ3n) is 6.11. The number of benzene rings is 2. The molecule has 34 heavy (non-hydrogen) atoms. The highest BCUT2D eigenvalue weighted by Crippen LogP contribution is 2.43. The van der Waals surface area contributed by atoms with Crippen LogP contribution in [0.25, 0.3) is 0 Å². The van der Waals surface area contributed by atoms with E-state index >= 15 is 0 Å². The summed E-state index contributed by atoms with van der Waals surface area (Å²) in [5.74, 6) is 0.929. The quantitative estimate of drug-likeness (QED) is 0.337. The Hall–Kier alpha value is -3.13. The molecule has 1 fully saturated rings. The molecule has 0 radical (unpaired) electrons. The van der Waals surface area contributed by atoms with Crippen LogP contribution in [0.3, 0.4) is 0 Å². The number of nitrogens with one attached hydrogen (secondary N) is 2. The number of ether oxygens (including phenoxy) is 3. The Morgan fingerprint density at radius 1 is 1.15 bits per heavy atom. The predicted molar refractivity (Wildman–Crippen MR) is 137 cm³/mol. The number of carbonyl (C=O) groups excluding carboxylic acids is 1. The fourth-order valence-corrected chi connectivity index (χ4v) is 4.58. The van der Waals surface area contributed by atoms with Crippen molar-refractivity contribution in [1.29, 1.82) is 0 Å². The van der Waals surface area contributed by atoms with Crippen LogP contribution in [0.5, 0.6) is 11.5 Å². The van der Waals surface area contributed by atoms with E-state index in [0.29, 0.717) is 23.9 Å². The summed E-state index contributed by atoms with van der Waals surface area (Å²) in [5.41, 5.74) is 6.53. The number of fused-ring (bicyclic) bond motifs is 1. The maximum atomic E-state index is 11.7. The molecule has 2 aliphatic rings. The molecule has 2 aromatic carbocycles. The lowest BCUT2D eigenvalue weighted by Crippen LogP contribution is -2.44. The maximum Gasteiger partial charge on any atom is 0.344 e. The molecule has 7 nitrogen and oxygen atoms in total. The van der Waals surface area contributed by atoms with Crippen molar-refractivity contribution in [3.05, 3.63) is 53.6 Å². The minimum absolute atomic E-state index is 0.146. The second-order valence-corrected chi connectivity index (χ2v) is 9.17. The second-order valence-electron chi connectivity index (χ2n) is 8.76. The van der Waals surface area contributed by atoms with Gasteiger partial charge in [-0.3, -0.25) is 5.43 Å². The van der Waals surface area contributed by atoms with Crippen LogP contribution in [0.1, 0.15) is 56.6 Å². The highest BCUT2D eigenvalue weighted by atomic mass is 32.1. The van der Waals surface area contributed by atoms with Crippen LogP contribution in [-0.4, -0.2) is 35.6 Å². The van der Waals surface area contributed by atoms with Crippen molar-refractivity contribution in [3.8, 4) is 11.5 Å². The van der Waals surface area contributed by atoms with Crippen LogP contribution in [0, 0.1) is 6.92 Å². The Morgan fingerprint density at radius 2 is 1.91 bits per heavy atom. The van der Waals surface area contributed by atoms with Crippen molar-refractivity contribution >= 4 is 34.7 Å². The molecule has 0 saturated heterocycles. The first-order valence-electron chi connectivity index (χ1n) is 11.8. The van der Waals surface area contributed by atoms with E-state index in [1.165, 1.54) is 12.0 Å². The monoisotopic (exact) mass is 481 g/mol. The molecule has 1 aliphatic heterocycles. The highest BCUT2D eigenvalue weighted by molar-refractivity contribution is 7.80. The molecule has 2 N–H and O–H groups in total. The van der Waals surface area contributed by atoms with E-state index in [9.17, 15) is 4.79 Å². The van der Waals surface area contributed by atoms with Crippen molar-refractivity contribution in [3.63, 3.8) is 0 Å². The van der Waals surface area contributed by atoms with Crippen LogP contribution in [-0.2, 0) is 9.53 Å². The van der Waals surface area contributed by atoms with Crippen LogP contribution in [0.2, 0.25) is 0 Å². The largest absolute Gasteiger partial charge is 0.486 e. The van der Waals surface area contributed by atoms with E-state index in [4.69, 9.17) is 26.4 Å². The zero-order valence-electron chi connectivity index (χ0n) is 19.7. The molecule has 0 atom stereocenters. The van der Waals surface area contributed by atoms with E-state index in [1.807, 2.05) is 49.4 Å². The number of aryl methyl sites for hydroxylation is 1. The lowest BCUT2D eigenvalue weighted by Gasteiger charge is -2.41. The minimum Gasteiger partial charge on any atom is -0.486 e. The van der Waals surface area contributed by atoms with Gasteiger partial charge in [-0.15, -0.1) is 0 Å². The number of anilines is 1. The van der Waals surface area contributed by atoms with E-state index < -0.39 is 5.97 Å². The number of hydrogen-bond donors (Lipinski definition) is 2. The summed E-state index contributed by atoms with van der Waals surface area (Å²) in [6.07, 6.45) is 6.20. The zero-order chi connectivity index (χ0) is 24.0. The average Bonchev–Trinajstić information content (AvgIpc) is 2.83. The minimum atomic E-state index is -0.402. The van der Waals surface area contributed by atoms with Crippen LogP contribution in [0.15, 0.2) is 47.6 Å². The lowest BCUT2D eigenvalue weighted by atomic mass is 9.78. The summed E-state index contributed by atoms with van der Waals surface area (Å²) >= 11 is 5.47. The molecule has 1 heterocycles. The fraction of sp³-hybridized carbons (Fsp3) is 0.423. The topological polar surface area (TPSA) is 81.2 Å². The lowest BCUT2D eigenvalue weighted by molar-refractivity contribution is -0.145. The van der Waals surface area contributed by atoms with Gasteiger partial charge in [0.15, 0.2) is 11.7 Å². The number of esters is 1. The van der Waals surface area contributed by atoms with Gasteiger partial charge in [0.1, 0.15) is 17.1 Å². The number of rotatable bonds is 6. The first-order valence-corrected chi connectivity index (χ1v) is 12.2. The number of hydrogen-bond acceptors (Lipinski definition) is 6. The molecule has 0 bridgehead atoms. The summed E-state index contributed by atoms with van der Waals surface area (Å²) < 4.78 is 17.1. The summed E-state index contributed by atoms with van der Waals surface area (Å²) in [6, 6.07) is 13.6. The van der Waals surface area contributed by atoms with Gasteiger partial charge in [-0.25, -0.2) is 4.79 Å². The first kappa shape index (κ1) is 24.0. The Labute approximate surface area is 205 Å². The van der Waals surface area contributed by atoms with Gasteiger partial charge >= 0.3 is 5.97 Å². The fourth-order valence-electron chi connectivity index (χ4n) is 4.42. The molecule has 1 aliphatic carbocycles. The molecular weight excluding hydrogens is 450 g/mol. The Kier molecular flexibility index (Phi) is 7.67. The van der Waals surface area contributed by atoms with Gasteiger partial charge in [0.25, 0.3) is 0 Å². The summed E-state index contributed by atoms with van der Waals surface area (Å²) in [7, 11) is 0. The highest BCUT2D eigenvalue weighted by Gasteiger charge is 2.40. The Balaban J connectivity index is 1.53. The average molecular weight is 482 g/mol. The molecule has 4 rings (SSSR count). The number of hydrazone groups is 1. The molecule has 1 saturated carbocycles. The third-order valence-corrected chi connectivity index (χ3v) is 6.30. The Bertz CT molecular complexity index is 1060. The third kappa shape index (κ3) is 6.05. The van der Waals surface area contributed by atoms with Crippen molar-refractivity contribution in [2.45, 2.75) is 58.0 Å². The van der Waals surface area contributed by atoms with Gasteiger partial charge in [0.2, 0.25) is 0 Å². The van der Waals surface area contributed by atoms with Crippen LogP contribution in [0.4, 0.5) is 5.69 Å². The molecule has 8 heteroatoms. The summed E-state index contributed by atoms with van der Waals surface area (Å²) in [4.78, 5) is 11.7. The normalized spacial score (nSPS) is 17.4. The summed E-state index contributed by atoms with van der Waals surface area (Å²) in [6.45, 7) is 3.98. The van der Waals surface area contributed by atoms with Gasteiger partial charge in [-0.05, 0) is 82.1 Å². The van der Waals surface area contributed by atoms with Crippen LogP contribution < -0.4 is 20.2 Å².